The number of rotatable bonds is 6. The van der Waals surface area contributed by atoms with Crippen molar-refractivity contribution in [2.75, 3.05) is 18.1 Å². The number of anilines is 1. The monoisotopic (exact) mass is 340 g/mol. The van der Waals surface area contributed by atoms with Crippen molar-refractivity contribution in [1.29, 1.82) is 0 Å². The van der Waals surface area contributed by atoms with Gasteiger partial charge < -0.3 is 9.64 Å². The van der Waals surface area contributed by atoms with Crippen molar-refractivity contribution in [3.8, 4) is 5.75 Å². The zero-order chi connectivity index (χ0) is 17.8. The number of nitro benzene ring substituents is 1. The van der Waals surface area contributed by atoms with Gasteiger partial charge in [-0.1, -0.05) is 18.2 Å². The van der Waals surface area contributed by atoms with Gasteiger partial charge in [-0.15, -0.1) is 0 Å². The summed E-state index contributed by atoms with van der Waals surface area (Å²) in [4.78, 5) is 36.0. The van der Waals surface area contributed by atoms with Gasteiger partial charge in [0.25, 0.3) is 5.69 Å². The van der Waals surface area contributed by atoms with Crippen molar-refractivity contribution >= 4 is 23.1 Å². The Kier molecular flexibility index (Phi) is 4.74. The molecule has 1 saturated heterocycles. The number of Topliss-reactive ketones (excluding diaryl/α,β-unsaturated/α-hetero) is 1. The first-order chi connectivity index (χ1) is 12.0. The molecular weight excluding hydrogens is 324 g/mol. The van der Waals surface area contributed by atoms with E-state index in [1.165, 1.54) is 18.2 Å². The molecule has 25 heavy (non-hydrogen) atoms. The number of amides is 1. The van der Waals surface area contributed by atoms with Crippen molar-refractivity contribution < 1.29 is 19.2 Å². The molecule has 0 unspecified atom stereocenters. The van der Waals surface area contributed by atoms with Crippen LogP contribution in [0.1, 0.15) is 23.2 Å². The topological polar surface area (TPSA) is 89.8 Å². The number of hydrogen-bond acceptors (Lipinski definition) is 5. The molecule has 0 radical (unpaired) electrons. The summed E-state index contributed by atoms with van der Waals surface area (Å²) in [7, 11) is 0. The fourth-order valence-corrected chi connectivity index (χ4v) is 2.69. The average molecular weight is 340 g/mol. The quantitative estimate of drug-likeness (QED) is 0.458. The molecular formula is C18H16N2O5. The number of hydrogen-bond donors (Lipinski definition) is 0. The third-order valence-corrected chi connectivity index (χ3v) is 3.95. The van der Waals surface area contributed by atoms with Gasteiger partial charge in [-0.2, -0.15) is 0 Å². The van der Waals surface area contributed by atoms with E-state index in [0.717, 1.165) is 6.42 Å². The third-order valence-electron chi connectivity index (χ3n) is 3.95. The lowest BCUT2D eigenvalue weighted by Gasteiger charge is -2.16. The molecule has 0 atom stereocenters. The maximum atomic E-state index is 12.3. The van der Waals surface area contributed by atoms with Gasteiger partial charge in [-0.3, -0.25) is 19.7 Å². The minimum atomic E-state index is -0.523. The number of benzene rings is 2. The normalized spacial score (nSPS) is 13.8. The van der Waals surface area contributed by atoms with Gasteiger partial charge in [0.2, 0.25) is 5.91 Å². The molecule has 3 rings (SSSR count). The van der Waals surface area contributed by atoms with Crippen LogP contribution < -0.4 is 9.64 Å². The molecule has 0 spiro atoms. The largest absolute Gasteiger partial charge is 0.485 e. The molecule has 1 aliphatic heterocycles. The Labute approximate surface area is 144 Å². The first kappa shape index (κ1) is 16.6. The van der Waals surface area contributed by atoms with E-state index >= 15 is 0 Å². The molecule has 1 amide bonds. The second-order valence-corrected chi connectivity index (χ2v) is 5.67. The smallest absolute Gasteiger partial charge is 0.273 e. The molecule has 0 aromatic heterocycles. The maximum Gasteiger partial charge on any atom is 0.273 e. The molecule has 7 heteroatoms. The summed E-state index contributed by atoms with van der Waals surface area (Å²) >= 11 is 0. The third kappa shape index (κ3) is 3.82. The van der Waals surface area contributed by atoms with Crippen LogP contribution in [0.5, 0.6) is 5.75 Å². The number of non-ortho nitro benzene ring substituents is 1. The highest BCUT2D eigenvalue weighted by molar-refractivity contribution is 6.00. The number of carbonyl (C=O) groups excluding carboxylic acids is 2. The molecule has 1 heterocycles. The second-order valence-electron chi connectivity index (χ2n) is 5.67. The second kappa shape index (κ2) is 7.12. The summed E-state index contributed by atoms with van der Waals surface area (Å²) in [5.41, 5.74) is 1.03. The fraction of sp³-hybridized carbons (Fsp3) is 0.222. The van der Waals surface area contributed by atoms with Crippen LogP contribution in [0.15, 0.2) is 48.5 Å². The van der Waals surface area contributed by atoms with Crippen molar-refractivity contribution in [2.45, 2.75) is 12.8 Å². The predicted molar refractivity (Wildman–Crippen MR) is 91.0 cm³/mol. The van der Waals surface area contributed by atoms with Crippen molar-refractivity contribution in [3.63, 3.8) is 0 Å². The molecule has 1 aliphatic rings. The van der Waals surface area contributed by atoms with Crippen LogP contribution in [0, 0.1) is 10.1 Å². The number of ketones is 1. The Morgan fingerprint density at radius 1 is 1.20 bits per heavy atom. The number of nitrogens with zero attached hydrogens (tertiary/aromatic N) is 2. The number of ether oxygens (including phenoxy) is 1. The summed E-state index contributed by atoms with van der Waals surface area (Å²) < 4.78 is 5.36. The Balaban J connectivity index is 1.68. The summed E-state index contributed by atoms with van der Waals surface area (Å²) in [6.07, 6.45) is 1.33. The summed E-state index contributed by atoms with van der Waals surface area (Å²) in [5, 5.41) is 10.8. The van der Waals surface area contributed by atoms with E-state index in [2.05, 4.69) is 0 Å². The van der Waals surface area contributed by atoms with Gasteiger partial charge in [0, 0.05) is 30.3 Å². The molecule has 2 aromatic rings. The lowest BCUT2D eigenvalue weighted by molar-refractivity contribution is -0.384. The van der Waals surface area contributed by atoms with E-state index in [-0.39, 0.29) is 29.7 Å². The standard InChI is InChI=1S/C18H16N2O5/c21-17(12-25-16-7-2-6-15(11-16)20(23)24)13-4-1-5-14(10-13)19-9-3-8-18(19)22/h1-2,4-7,10-11H,3,8-9,12H2. The van der Waals surface area contributed by atoms with Crippen LogP contribution in [-0.4, -0.2) is 29.8 Å². The van der Waals surface area contributed by atoms with Gasteiger partial charge in [-0.25, -0.2) is 0 Å². The van der Waals surface area contributed by atoms with Crippen LogP contribution in [0.2, 0.25) is 0 Å². The van der Waals surface area contributed by atoms with Crippen LogP contribution in [0.3, 0.4) is 0 Å². The van der Waals surface area contributed by atoms with E-state index in [1.54, 1.807) is 35.2 Å². The van der Waals surface area contributed by atoms with Crippen LogP contribution in [0.4, 0.5) is 11.4 Å². The molecule has 1 fully saturated rings. The molecule has 0 saturated carbocycles. The van der Waals surface area contributed by atoms with Gasteiger partial charge in [-0.05, 0) is 24.6 Å². The van der Waals surface area contributed by atoms with Crippen molar-refractivity contribution in [3.05, 3.63) is 64.2 Å². The molecule has 0 aliphatic carbocycles. The van der Waals surface area contributed by atoms with E-state index in [9.17, 15) is 19.7 Å². The van der Waals surface area contributed by atoms with Gasteiger partial charge in [0.1, 0.15) is 5.75 Å². The van der Waals surface area contributed by atoms with Gasteiger partial charge in [0.05, 0.1) is 11.0 Å². The highest BCUT2D eigenvalue weighted by atomic mass is 16.6. The maximum absolute atomic E-state index is 12.3. The van der Waals surface area contributed by atoms with Crippen LogP contribution in [-0.2, 0) is 4.79 Å². The van der Waals surface area contributed by atoms with Crippen molar-refractivity contribution in [2.24, 2.45) is 0 Å². The van der Waals surface area contributed by atoms with E-state index in [1.807, 2.05) is 0 Å². The zero-order valence-electron chi connectivity index (χ0n) is 13.4. The Hall–Kier alpha value is -3.22. The molecule has 2 aromatic carbocycles. The Morgan fingerprint density at radius 2 is 2.00 bits per heavy atom. The highest BCUT2D eigenvalue weighted by Crippen LogP contribution is 2.23. The zero-order valence-corrected chi connectivity index (χ0v) is 13.4. The Morgan fingerprint density at radius 3 is 2.72 bits per heavy atom. The average Bonchev–Trinajstić information content (AvgIpc) is 3.06. The lowest BCUT2D eigenvalue weighted by atomic mass is 10.1. The minimum Gasteiger partial charge on any atom is -0.485 e. The lowest BCUT2D eigenvalue weighted by Crippen LogP contribution is -2.24. The number of carbonyl (C=O) groups is 2. The SMILES string of the molecule is O=C(COc1cccc([N+](=O)[O-])c1)c1cccc(N2CCCC2=O)c1. The van der Waals surface area contributed by atoms with Crippen LogP contribution in [0.25, 0.3) is 0 Å². The van der Waals surface area contributed by atoms with Gasteiger partial charge >= 0.3 is 0 Å². The van der Waals surface area contributed by atoms with E-state index in [4.69, 9.17) is 4.74 Å². The van der Waals surface area contributed by atoms with Crippen molar-refractivity contribution in [1.82, 2.24) is 0 Å². The number of nitro groups is 1. The summed E-state index contributed by atoms with van der Waals surface area (Å²) in [6.45, 7) is 0.416. The summed E-state index contributed by atoms with van der Waals surface area (Å²) in [6, 6.07) is 12.5. The van der Waals surface area contributed by atoms with Gasteiger partial charge in [0.15, 0.2) is 12.4 Å². The predicted octanol–water partition coefficient (Wildman–Crippen LogP) is 2.98. The molecule has 128 valence electrons. The fourth-order valence-electron chi connectivity index (χ4n) is 2.69. The summed E-state index contributed by atoms with van der Waals surface area (Å²) in [5.74, 6) is 0.0471. The van der Waals surface area contributed by atoms with E-state index < -0.39 is 4.92 Å². The van der Waals surface area contributed by atoms with Crippen LogP contribution >= 0.6 is 0 Å². The highest BCUT2D eigenvalue weighted by Gasteiger charge is 2.22. The minimum absolute atomic E-state index is 0.0532. The Bertz CT molecular complexity index is 834. The first-order valence-corrected chi connectivity index (χ1v) is 7.85. The molecule has 7 nitrogen and oxygen atoms in total. The first-order valence-electron chi connectivity index (χ1n) is 7.85. The van der Waals surface area contributed by atoms with E-state index in [0.29, 0.717) is 24.2 Å². The molecule has 0 bridgehead atoms. The molecule has 0 N–H and O–H groups in total.